The number of sulfonamides is 1. The molecule has 0 aliphatic carbocycles. The van der Waals surface area contributed by atoms with Crippen LogP contribution in [0.5, 0.6) is 11.6 Å². The largest absolute Gasteiger partial charge is 0.439 e. The summed E-state index contributed by atoms with van der Waals surface area (Å²) in [6, 6.07) is 12.8. The van der Waals surface area contributed by atoms with E-state index in [1.165, 1.54) is 0 Å². The lowest BCUT2D eigenvalue weighted by atomic mass is 10.3. The molecule has 0 unspecified atom stereocenters. The molecule has 1 aromatic carbocycles. The van der Waals surface area contributed by atoms with E-state index in [-0.39, 0.29) is 12.3 Å². The maximum absolute atomic E-state index is 11.5. The maximum Gasteiger partial charge on any atom is 0.223 e. The first kappa shape index (κ1) is 14.5. The highest BCUT2D eigenvalue weighted by Crippen LogP contribution is 2.22. The van der Waals surface area contributed by atoms with E-state index in [0.29, 0.717) is 17.2 Å². The minimum absolute atomic E-state index is 0.0438. The number of rotatable bonds is 6. The van der Waals surface area contributed by atoms with Gasteiger partial charge in [-0.1, -0.05) is 24.3 Å². The van der Waals surface area contributed by atoms with Gasteiger partial charge in [-0.25, -0.2) is 18.1 Å². The Bertz CT molecular complexity index is 657. The number of benzene rings is 1. The number of ether oxygens (including phenoxy) is 1. The van der Waals surface area contributed by atoms with Crippen LogP contribution in [0.15, 0.2) is 48.7 Å². The lowest BCUT2D eigenvalue weighted by Gasteiger charge is -2.10. The number of hydrogen-bond donors (Lipinski definition) is 1. The number of aromatic nitrogens is 1. The minimum Gasteiger partial charge on any atom is -0.439 e. The molecule has 2 rings (SSSR count). The van der Waals surface area contributed by atoms with Crippen LogP contribution in [0, 0.1) is 0 Å². The molecule has 0 saturated carbocycles. The molecule has 0 atom stereocenters. The van der Waals surface area contributed by atoms with Crippen molar-refractivity contribution in [2.45, 2.75) is 13.5 Å². The summed E-state index contributed by atoms with van der Waals surface area (Å²) in [7, 11) is -3.24. The Morgan fingerprint density at radius 1 is 1.15 bits per heavy atom. The Hall–Kier alpha value is -1.92. The molecule has 0 spiro atoms. The van der Waals surface area contributed by atoms with E-state index in [0.717, 1.165) is 0 Å². The first-order valence-electron chi connectivity index (χ1n) is 6.25. The molecule has 1 N–H and O–H groups in total. The van der Waals surface area contributed by atoms with Crippen LogP contribution in [0.3, 0.4) is 0 Å². The van der Waals surface area contributed by atoms with Crippen molar-refractivity contribution in [2.75, 3.05) is 5.75 Å². The van der Waals surface area contributed by atoms with Crippen molar-refractivity contribution >= 4 is 10.0 Å². The molecule has 106 valence electrons. The van der Waals surface area contributed by atoms with E-state index in [2.05, 4.69) is 9.71 Å². The second kappa shape index (κ2) is 6.49. The molecule has 0 radical (unpaired) electrons. The van der Waals surface area contributed by atoms with E-state index in [1.807, 2.05) is 30.3 Å². The Kier molecular flexibility index (Phi) is 4.70. The van der Waals surface area contributed by atoms with Crippen molar-refractivity contribution in [2.24, 2.45) is 0 Å². The molecule has 20 heavy (non-hydrogen) atoms. The summed E-state index contributed by atoms with van der Waals surface area (Å²) in [5.74, 6) is 1.10. The number of para-hydroxylation sites is 1. The van der Waals surface area contributed by atoms with Gasteiger partial charge in [0.1, 0.15) is 5.75 Å². The number of hydrogen-bond acceptors (Lipinski definition) is 4. The average Bonchev–Trinajstić information content (AvgIpc) is 2.47. The molecule has 6 heteroatoms. The summed E-state index contributed by atoms with van der Waals surface area (Å²) in [5.41, 5.74) is 0.688. The molecule has 0 bridgehead atoms. The van der Waals surface area contributed by atoms with Gasteiger partial charge < -0.3 is 4.74 Å². The fourth-order valence-corrected chi connectivity index (χ4v) is 2.12. The van der Waals surface area contributed by atoms with Crippen LogP contribution in [0.1, 0.15) is 12.5 Å². The predicted molar refractivity (Wildman–Crippen MR) is 77.1 cm³/mol. The summed E-state index contributed by atoms with van der Waals surface area (Å²) in [6.45, 7) is 1.75. The van der Waals surface area contributed by atoms with Crippen molar-refractivity contribution < 1.29 is 13.2 Å². The number of pyridine rings is 1. The molecule has 0 saturated heterocycles. The standard InChI is InChI=1S/C14H16N2O3S/c1-2-20(17,18)16-11-12-7-6-10-15-14(12)19-13-8-4-3-5-9-13/h3-10,16H,2,11H2,1H3. The molecule has 5 nitrogen and oxygen atoms in total. The lowest BCUT2D eigenvalue weighted by Crippen LogP contribution is -2.24. The van der Waals surface area contributed by atoms with Crippen LogP contribution in [0.25, 0.3) is 0 Å². The zero-order chi connectivity index (χ0) is 14.4. The number of nitrogens with one attached hydrogen (secondary N) is 1. The summed E-state index contributed by atoms with van der Waals surface area (Å²) in [6.07, 6.45) is 1.61. The summed E-state index contributed by atoms with van der Waals surface area (Å²) in [5, 5.41) is 0. The van der Waals surface area contributed by atoms with Gasteiger partial charge in [-0.2, -0.15) is 0 Å². The van der Waals surface area contributed by atoms with Crippen LogP contribution in [-0.2, 0) is 16.6 Å². The average molecular weight is 292 g/mol. The Balaban J connectivity index is 2.14. The van der Waals surface area contributed by atoms with Gasteiger partial charge in [0.2, 0.25) is 15.9 Å². The van der Waals surface area contributed by atoms with Gasteiger partial charge in [-0.05, 0) is 25.1 Å². The Morgan fingerprint density at radius 2 is 1.90 bits per heavy atom. The first-order chi connectivity index (χ1) is 9.61. The third-order valence-electron chi connectivity index (χ3n) is 2.67. The van der Waals surface area contributed by atoms with Gasteiger partial charge >= 0.3 is 0 Å². The predicted octanol–water partition coefficient (Wildman–Crippen LogP) is 2.31. The highest BCUT2D eigenvalue weighted by Gasteiger charge is 2.10. The van der Waals surface area contributed by atoms with Crippen LogP contribution in [0.2, 0.25) is 0 Å². The Morgan fingerprint density at radius 3 is 2.60 bits per heavy atom. The zero-order valence-corrected chi connectivity index (χ0v) is 11.9. The van der Waals surface area contributed by atoms with E-state index < -0.39 is 10.0 Å². The summed E-state index contributed by atoms with van der Waals surface area (Å²) >= 11 is 0. The lowest BCUT2D eigenvalue weighted by molar-refractivity contribution is 0.455. The molecular formula is C14H16N2O3S. The molecule has 0 amide bonds. The monoisotopic (exact) mass is 292 g/mol. The van der Waals surface area contributed by atoms with Crippen LogP contribution in [0.4, 0.5) is 0 Å². The van der Waals surface area contributed by atoms with Gasteiger partial charge in [-0.3, -0.25) is 0 Å². The zero-order valence-electron chi connectivity index (χ0n) is 11.1. The minimum atomic E-state index is -3.24. The van der Waals surface area contributed by atoms with E-state index in [9.17, 15) is 8.42 Å². The van der Waals surface area contributed by atoms with Crippen molar-refractivity contribution in [1.29, 1.82) is 0 Å². The van der Waals surface area contributed by atoms with Gasteiger partial charge in [0.05, 0.1) is 5.75 Å². The fraction of sp³-hybridized carbons (Fsp3) is 0.214. The second-order valence-corrected chi connectivity index (χ2v) is 6.20. The highest BCUT2D eigenvalue weighted by atomic mass is 32.2. The van der Waals surface area contributed by atoms with Crippen LogP contribution >= 0.6 is 0 Å². The van der Waals surface area contributed by atoms with Gasteiger partial charge in [0.15, 0.2) is 0 Å². The van der Waals surface area contributed by atoms with Crippen molar-refractivity contribution in [1.82, 2.24) is 9.71 Å². The highest BCUT2D eigenvalue weighted by molar-refractivity contribution is 7.89. The van der Waals surface area contributed by atoms with Crippen molar-refractivity contribution in [3.8, 4) is 11.6 Å². The molecular weight excluding hydrogens is 276 g/mol. The second-order valence-electron chi connectivity index (χ2n) is 4.11. The topological polar surface area (TPSA) is 68.3 Å². The molecule has 0 fully saturated rings. The normalized spacial score (nSPS) is 11.2. The van der Waals surface area contributed by atoms with Crippen LogP contribution in [-0.4, -0.2) is 19.2 Å². The maximum atomic E-state index is 11.5. The SMILES string of the molecule is CCS(=O)(=O)NCc1cccnc1Oc1ccccc1. The van der Waals surface area contributed by atoms with Gasteiger partial charge in [0.25, 0.3) is 0 Å². The molecule has 0 aliphatic rings. The Labute approximate surface area is 118 Å². The van der Waals surface area contributed by atoms with E-state index in [1.54, 1.807) is 25.3 Å². The van der Waals surface area contributed by atoms with Gasteiger partial charge in [0, 0.05) is 18.3 Å². The quantitative estimate of drug-likeness (QED) is 0.887. The first-order valence-corrected chi connectivity index (χ1v) is 7.90. The third kappa shape index (κ3) is 4.04. The van der Waals surface area contributed by atoms with Crippen molar-refractivity contribution in [3.63, 3.8) is 0 Å². The van der Waals surface area contributed by atoms with Crippen LogP contribution < -0.4 is 9.46 Å². The third-order valence-corrected chi connectivity index (χ3v) is 4.01. The summed E-state index contributed by atoms with van der Waals surface area (Å²) < 4.78 is 31.1. The van der Waals surface area contributed by atoms with E-state index in [4.69, 9.17) is 4.74 Å². The van der Waals surface area contributed by atoms with Crippen molar-refractivity contribution in [3.05, 3.63) is 54.2 Å². The van der Waals surface area contributed by atoms with Gasteiger partial charge in [-0.15, -0.1) is 0 Å². The fourth-order valence-electron chi connectivity index (χ4n) is 1.54. The molecule has 2 aromatic rings. The molecule has 0 aliphatic heterocycles. The molecule has 1 heterocycles. The smallest absolute Gasteiger partial charge is 0.223 e. The van der Waals surface area contributed by atoms with E-state index >= 15 is 0 Å². The molecule has 1 aromatic heterocycles. The summed E-state index contributed by atoms with van der Waals surface area (Å²) in [4.78, 5) is 4.14. The number of nitrogens with zero attached hydrogens (tertiary/aromatic N) is 1.